The number of amides is 1. The Hall–Kier alpha value is -2.89. The highest BCUT2D eigenvalue weighted by molar-refractivity contribution is 5.81. The van der Waals surface area contributed by atoms with E-state index in [1.807, 2.05) is 57.2 Å². The van der Waals surface area contributed by atoms with E-state index in [-0.39, 0.29) is 11.9 Å². The average molecular weight is 399 g/mol. The monoisotopic (exact) mass is 399 g/mol. The average Bonchev–Trinajstić information content (AvgIpc) is 2.71. The predicted molar refractivity (Wildman–Crippen MR) is 111 cm³/mol. The third kappa shape index (κ3) is 4.94. The standard InChI is InChI=1S/C23H29NO5/c1-6-20(28-17-9-7-8-15(12-17)26-4)22(25)24-19-14-23(2,3)29-21-11-10-16(27-5)13-18(19)21/h7-13,19-20H,6,14H2,1-5H3,(H,24,25)/t19-,20+/m1/s1. The molecule has 0 unspecified atom stereocenters. The van der Waals surface area contributed by atoms with Gasteiger partial charge in [0.15, 0.2) is 6.10 Å². The number of carbonyl (C=O) groups is 1. The highest BCUT2D eigenvalue weighted by Crippen LogP contribution is 2.41. The summed E-state index contributed by atoms with van der Waals surface area (Å²) in [6.07, 6.45) is 0.580. The molecule has 6 nitrogen and oxygen atoms in total. The summed E-state index contributed by atoms with van der Waals surface area (Å²) in [5, 5.41) is 3.15. The molecule has 3 rings (SSSR count). The zero-order chi connectivity index (χ0) is 21.0. The fourth-order valence-corrected chi connectivity index (χ4v) is 3.51. The van der Waals surface area contributed by atoms with E-state index >= 15 is 0 Å². The Labute approximate surface area is 172 Å². The summed E-state index contributed by atoms with van der Waals surface area (Å²) >= 11 is 0. The second-order valence-electron chi connectivity index (χ2n) is 7.72. The van der Waals surface area contributed by atoms with E-state index in [0.717, 1.165) is 17.1 Å². The Balaban J connectivity index is 1.79. The maximum atomic E-state index is 13.0. The van der Waals surface area contributed by atoms with Crippen LogP contribution in [-0.4, -0.2) is 31.8 Å². The molecule has 6 heteroatoms. The minimum atomic E-state index is -0.609. The molecule has 0 bridgehead atoms. The molecule has 1 amide bonds. The van der Waals surface area contributed by atoms with Gasteiger partial charge in [0.2, 0.25) is 0 Å². The van der Waals surface area contributed by atoms with Crippen LogP contribution in [0.3, 0.4) is 0 Å². The van der Waals surface area contributed by atoms with Crippen LogP contribution < -0.4 is 24.3 Å². The Bertz CT molecular complexity index is 864. The van der Waals surface area contributed by atoms with Gasteiger partial charge in [-0.3, -0.25) is 4.79 Å². The van der Waals surface area contributed by atoms with Crippen LogP contribution in [0.25, 0.3) is 0 Å². The Morgan fingerprint density at radius 2 is 1.83 bits per heavy atom. The van der Waals surface area contributed by atoms with Crippen LogP contribution >= 0.6 is 0 Å². The first-order valence-corrected chi connectivity index (χ1v) is 9.83. The van der Waals surface area contributed by atoms with Crippen molar-refractivity contribution in [3.63, 3.8) is 0 Å². The van der Waals surface area contributed by atoms with Crippen molar-refractivity contribution in [3.8, 4) is 23.0 Å². The van der Waals surface area contributed by atoms with Gasteiger partial charge in [-0.05, 0) is 50.6 Å². The Kier molecular flexibility index (Phi) is 6.20. The number of benzene rings is 2. The third-order valence-corrected chi connectivity index (χ3v) is 4.97. The summed E-state index contributed by atoms with van der Waals surface area (Å²) in [6, 6.07) is 12.7. The van der Waals surface area contributed by atoms with Crippen LogP contribution in [-0.2, 0) is 4.79 Å². The van der Waals surface area contributed by atoms with E-state index in [1.165, 1.54) is 0 Å². The van der Waals surface area contributed by atoms with Crippen LogP contribution in [0, 0.1) is 0 Å². The van der Waals surface area contributed by atoms with Crippen molar-refractivity contribution < 1.29 is 23.7 Å². The maximum absolute atomic E-state index is 13.0. The molecule has 0 radical (unpaired) electrons. The second kappa shape index (κ2) is 8.64. The molecule has 0 saturated heterocycles. The van der Waals surface area contributed by atoms with Crippen molar-refractivity contribution in [2.24, 2.45) is 0 Å². The summed E-state index contributed by atoms with van der Waals surface area (Å²) < 4.78 is 22.6. The molecule has 2 aromatic rings. The van der Waals surface area contributed by atoms with Crippen molar-refractivity contribution in [1.29, 1.82) is 0 Å². The molecule has 156 valence electrons. The van der Waals surface area contributed by atoms with Crippen molar-refractivity contribution >= 4 is 5.91 Å². The molecule has 29 heavy (non-hydrogen) atoms. The van der Waals surface area contributed by atoms with Gasteiger partial charge in [-0.25, -0.2) is 0 Å². The molecule has 0 spiro atoms. The van der Waals surface area contributed by atoms with Crippen molar-refractivity contribution in [3.05, 3.63) is 48.0 Å². The maximum Gasteiger partial charge on any atom is 0.261 e. The van der Waals surface area contributed by atoms with E-state index in [9.17, 15) is 4.79 Å². The summed E-state index contributed by atoms with van der Waals surface area (Å²) in [5.74, 6) is 2.61. The number of ether oxygens (including phenoxy) is 4. The molecule has 2 aromatic carbocycles. The van der Waals surface area contributed by atoms with Gasteiger partial charge in [-0.2, -0.15) is 0 Å². The van der Waals surface area contributed by atoms with Crippen molar-refractivity contribution in [2.75, 3.05) is 14.2 Å². The van der Waals surface area contributed by atoms with E-state index in [0.29, 0.717) is 24.3 Å². The lowest BCUT2D eigenvalue weighted by Crippen LogP contribution is -2.45. The number of nitrogens with one attached hydrogen (secondary N) is 1. The SMILES string of the molecule is CC[C@H](Oc1cccc(OC)c1)C(=O)N[C@@H]1CC(C)(C)Oc2ccc(OC)cc21. The molecule has 1 aliphatic heterocycles. The minimum absolute atomic E-state index is 0.160. The quantitative estimate of drug-likeness (QED) is 0.753. The number of hydrogen-bond acceptors (Lipinski definition) is 5. The van der Waals surface area contributed by atoms with Crippen LogP contribution in [0.5, 0.6) is 23.0 Å². The summed E-state index contributed by atoms with van der Waals surface area (Å²) in [5.41, 5.74) is 0.516. The van der Waals surface area contributed by atoms with Crippen LogP contribution in [0.1, 0.15) is 45.2 Å². The lowest BCUT2D eigenvalue weighted by Gasteiger charge is -2.38. The largest absolute Gasteiger partial charge is 0.497 e. The van der Waals surface area contributed by atoms with Crippen LogP contribution in [0.2, 0.25) is 0 Å². The van der Waals surface area contributed by atoms with Crippen molar-refractivity contribution in [2.45, 2.75) is 51.4 Å². The van der Waals surface area contributed by atoms with E-state index in [2.05, 4.69) is 5.32 Å². The van der Waals surface area contributed by atoms with E-state index in [4.69, 9.17) is 18.9 Å². The Morgan fingerprint density at radius 3 is 2.52 bits per heavy atom. The zero-order valence-corrected chi connectivity index (χ0v) is 17.7. The molecule has 1 heterocycles. The second-order valence-corrected chi connectivity index (χ2v) is 7.72. The molecule has 1 N–H and O–H groups in total. The van der Waals surface area contributed by atoms with Gasteiger partial charge in [-0.15, -0.1) is 0 Å². The molecule has 1 aliphatic rings. The van der Waals surface area contributed by atoms with Gasteiger partial charge in [0.1, 0.15) is 28.6 Å². The lowest BCUT2D eigenvalue weighted by molar-refractivity contribution is -0.129. The fraction of sp³-hybridized carbons (Fsp3) is 0.435. The predicted octanol–water partition coefficient (Wildman–Crippen LogP) is 4.28. The van der Waals surface area contributed by atoms with Gasteiger partial charge in [0.05, 0.1) is 20.3 Å². The molecule has 0 aromatic heterocycles. The van der Waals surface area contributed by atoms with Crippen LogP contribution in [0.15, 0.2) is 42.5 Å². The van der Waals surface area contributed by atoms with E-state index in [1.54, 1.807) is 20.3 Å². The third-order valence-electron chi connectivity index (χ3n) is 4.97. The van der Waals surface area contributed by atoms with Gasteiger partial charge >= 0.3 is 0 Å². The normalized spacial score (nSPS) is 18.0. The van der Waals surface area contributed by atoms with Crippen molar-refractivity contribution in [1.82, 2.24) is 5.32 Å². The van der Waals surface area contributed by atoms with Gasteiger partial charge in [0, 0.05) is 18.1 Å². The number of rotatable bonds is 7. The van der Waals surface area contributed by atoms with Gasteiger partial charge in [-0.1, -0.05) is 13.0 Å². The topological polar surface area (TPSA) is 66.0 Å². The summed E-state index contributed by atoms with van der Waals surface area (Å²) in [6.45, 7) is 5.96. The minimum Gasteiger partial charge on any atom is -0.497 e. The fourth-order valence-electron chi connectivity index (χ4n) is 3.51. The number of carbonyl (C=O) groups excluding carboxylic acids is 1. The summed E-state index contributed by atoms with van der Waals surface area (Å²) in [4.78, 5) is 13.0. The number of hydrogen-bond donors (Lipinski definition) is 1. The number of fused-ring (bicyclic) bond motifs is 1. The highest BCUT2D eigenvalue weighted by Gasteiger charge is 2.36. The van der Waals surface area contributed by atoms with Gasteiger partial charge < -0.3 is 24.3 Å². The number of methoxy groups -OCH3 is 2. The molecule has 0 saturated carbocycles. The van der Waals surface area contributed by atoms with E-state index < -0.39 is 11.7 Å². The molecule has 0 fully saturated rings. The molecular weight excluding hydrogens is 370 g/mol. The first-order chi connectivity index (χ1) is 13.8. The summed E-state index contributed by atoms with van der Waals surface area (Å²) in [7, 11) is 3.22. The first kappa shape index (κ1) is 20.8. The van der Waals surface area contributed by atoms with Gasteiger partial charge in [0.25, 0.3) is 5.91 Å². The smallest absolute Gasteiger partial charge is 0.261 e. The molecular formula is C23H29NO5. The molecule has 0 aliphatic carbocycles. The Morgan fingerprint density at radius 1 is 1.14 bits per heavy atom. The van der Waals surface area contributed by atoms with Crippen LogP contribution in [0.4, 0.5) is 0 Å². The highest BCUT2D eigenvalue weighted by atomic mass is 16.5. The zero-order valence-electron chi connectivity index (χ0n) is 17.7. The molecule has 2 atom stereocenters. The first-order valence-electron chi connectivity index (χ1n) is 9.83. The lowest BCUT2D eigenvalue weighted by atomic mass is 9.89.